The van der Waals surface area contributed by atoms with Crippen LogP contribution in [0.1, 0.15) is 54.4 Å². The van der Waals surface area contributed by atoms with Gasteiger partial charge in [-0.05, 0) is 13.8 Å². The molecule has 0 spiro atoms. The molecule has 2 rings (SSSR count). The van der Waals surface area contributed by atoms with Crippen LogP contribution in [0.5, 0.6) is 0 Å². The van der Waals surface area contributed by atoms with Gasteiger partial charge in [-0.25, -0.2) is 14.4 Å². The molecule has 0 aromatic rings. The van der Waals surface area contributed by atoms with E-state index < -0.39 is 35.9 Å². The molecule has 3 unspecified atom stereocenters. The van der Waals surface area contributed by atoms with Crippen LogP contribution in [-0.2, 0) is 33.3 Å². The summed E-state index contributed by atoms with van der Waals surface area (Å²) in [6.07, 6.45) is 1.64. The molecule has 1 N–H and O–H groups in total. The van der Waals surface area contributed by atoms with Crippen molar-refractivity contribution in [1.82, 2.24) is 0 Å². The van der Waals surface area contributed by atoms with Crippen LogP contribution >= 0.6 is 0 Å². The Morgan fingerprint density at radius 2 is 1.56 bits per heavy atom. The van der Waals surface area contributed by atoms with Crippen LogP contribution in [-0.4, -0.2) is 77.3 Å². The van der Waals surface area contributed by atoms with Crippen molar-refractivity contribution in [2.45, 2.75) is 72.4 Å². The molecule has 0 aromatic carbocycles. The minimum absolute atomic E-state index is 0. The summed E-state index contributed by atoms with van der Waals surface area (Å²) in [5.74, 6) is -2.97. The van der Waals surface area contributed by atoms with Gasteiger partial charge in [-0.1, -0.05) is 27.0 Å². The maximum absolute atomic E-state index is 11.3. The van der Waals surface area contributed by atoms with Crippen molar-refractivity contribution >= 4 is 41.0 Å². The van der Waals surface area contributed by atoms with Crippen molar-refractivity contribution in [3.8, 4) is 0 Å². The van der Waals surface area contributed by atoms with Crippen molar-refractivity contribution in [3.63, 3.8) is 0 Å². The van der Waals surface area contributed by atoms with Gasteiger partial charge in [-0.3, -0.25) is 0 Å². The molecule has 0 bridgehead atoms. The van der Waals surface area contributed by atoms with E-state index in [9.17, 15) is 19.5 Å². The fraction of sp³-hybridized carbons (Fsp3) is 0.636. The van der Waals surface area contributed by atoms with Gasteiger partial charge in [0.05, 0.1) is 13.2 Å². The SMILES string of the molecule is C=C(C)C(=O)OC1CCOC1(O)C(C)C.C=C(C)C(=O)OC1CCOC1=O.C[CH-]C.[Cl-].[Mg+2]. The van der Waals surface area contributed by atoms with Crippen LogP contribution < -0.4 is 12.4 Å². The molecule has 3 atom stereocenters. The summed E-state index contributed by atoms with van der Waals surface area (Å²) in [4.78, 5) is 33.0. The number of hydrogen-bond acceptors (Lipinski definition) is 8. The third-order valence-corrected chi connectivity index (χ3v) is 4.08. The van der Waals surface area contributed by atoms with E-state index in [4.69, 9.17) is 14.2 Å². The Kier molecular flexibility index (Phi) is 19.2. The van der Waals surface area contributed by atoms with E-state index >= 15 is 0 Å². The Bertz CT molecular complexity index is 637. The number of ether oxygens (including phenoxy) is 4. The molecule has 2 fully saturated rings. The molecule has 0 radical (unpaired) electrons. The summed E-state index contributed by atoms with van der Waals surface area (Å²) in [7, 11) is 0. The summed E-state index contributed by atoms with van der Waals surface area (Å²) in [6, 6.07) is 0. The maximum Gasteiger partial charge on any atom is 2.00 e. The molecule has 180 valence electrons. The fourth-order valence-electron chi connectivity index (χ4n) is 2.36. The van der Waals surface area contributed by atoms with Crippen LogP contribution in [0.3, 0.4) is 0 Å². The predicted octanol–water partition coefficient (Wildman–Crippen LogP) is -0.486. The van der Waals surface area contributed by atoms with Crippen molar-refractivity contribution in [1.29, 1.82) is 0 Å². The average Bonchev–Trinajstić information content (AvgIpc) is 3.23. The predicted molar refractivity (Wildman–Crippen MR) is 117 cm³/mol. The van der Waals surface area contributed by atoms with Gasteiger partial charge >= 0.3 is 41.0 Å². The summed E-state index contributed by atoms with van der Waals surface area (Å²) >= 11 is 0. The average molecular weight is 487 g/mol. The Balaban J connectivity index is -0.000000450. The smallest absolute Gasteiger partial charge is 1.00 e. The summed E-state index contributed by atoms with van der Waals surface area (Å²) in [5, 5.41) is 10.1. The van der Waals surface area contributed by atoms with Gasteiger partial charge in [0, 0.05) is 29.9 Å². The van der Waals surface area contributed by atoms with E-state index in [-0.39, 0.29) is 47.0 Å². The normalized spacial score (nSPS) is 23.1. The first-order valence-corrected chi connectivity index (χ1v) is 9.90. The number of carbonyl (C=O) groups is 3. The minimum Gasteiger partial charge on any atom is -1.00 e. The summed E-state index contributed by atoms with van der Waals surface area (Å²) in [5.41, 5.74) is 0.614. The molecule has 0 saturated carbocycles. The first-order chi connectivity index (χ1) is 13.9. The van der Waals surface area contributed by atoms with Crippen LogP contribution in [0, 0.1) is 12.3 Å². The Morgan fingerprint density at radius 3 is 1.94 bits per heavy atom. The standard InChI is InChI=1S/C11H18O4.C8H10O4.C3H7.ClH.Mg/c1-7(2)10(12)15-9-5-6-14-11(9,13)8(3)4;1-5(2)7(9)12-6-3-4-11-8(6)10;1-3-2;;/h8-9,13H,1,5-6H2,2-4H3;6H,1,3-4H2,2H3;3H,1-2H3;1H;/q;;-1;;+2/p-1. The molecule has 0 aromatic heterocycles. The van der Waals surface area contributed by atoms with E-state index in [2.05, 4.69) is 17.9 Å². The number of rotatable bonds is 5. The molecular weight excluding hydrogens is 452 g/mol. The second-order valence-corrected chi connectivity index (χ2v) is 7.43. The van der Waals surface area contributed by atoms with Gasteiger partial charge < -0.3 is 42.9 Å². The third-order valence-electron chi connectivity index (χ3n) is 4.08. The molecule has 2 heterocycles. The molecular formula is C22H35ClMgO8. The minimum atomic E-state index is -1.36. The summed E-state index contributed by atoms with van der Waals surface area (Å²) < 4.78 is 19.8. The number of aliphatic hydroxyl groups is 1. The van der Waals surface area contributed by atoms with Crippen LogP contribution in [0.25, 0.3) is 0 Å². The zero-order valence-corrected chi connectivity index (χ0v) is 22.1. The Morgan fingerprint density at radius 1 is 1.09 bits per heavy atom. The van der Waals surface area contributed by atoms with Gasteiger partial charge in [0.1, 0.15) is 0 Å². The molecule has 2 saturated heterocycles. The van der Waals surface area contributed by atoms with E-state index in [0.717, 1.165) is 0 Å². The molecule has 2 aliphatic rings. The largest absolute Gasteiger partial charge is 2.00 e. The number of cyclic esters (lactones) is 1. The molecule has 0 aliphatic carbocycles. The topological polar surface area (TPSA) is 108 Å². The second kappa shape index (κ2) is 17.4. The second-order valence-electron chi connectivity index (χ2n) is 7.43. The van der Waals surface area contributed by atoms with Gasteiger partial charge in [0.25, 0.3) is 0 Å². The Hall–Kier alpha value is -1.13. The van der Waals surface area contributed by atoms with Gasteiger partial charge in [-0.2, -0.15) is 13.8 Å². The third kappa shape index (κ3) is 11.6. The quantitative estimate of drug-likeness (QED) is 0.182. The first kappa shape index (κ1) is 35.5. The van der Waals surface area contributed by atoms with Gasteiger partial charge in [-0.15, -0.1) is 0 Å². The van der Waals surface area contributed by atoms with Crippen LogP contribution in [0.4, 0.5) is 0 Å². The zero-order chi connectivity index (χ0) is 23.5. The number of hydrogen-bond donors (Lipinski definition) is 1. The van der Waals surface area contributed by atoms with Crippen LogP contribution in [0.2, 0.25) is 0 Å². The number of esters is 3. The Labute approximate surface area is 213 Å². The van der Waals surface area contributed by atoms with Crippen molar-refractivity contribution in [2.75, 3.05) is 13.2 Å². The van der Waals surface area contributed by atoms with Crippen molar-refractivity contribution < 1.29 is 50.8 Å². The van der Waals surface area contributed by atoms with Crippen molar-refractivity contribution in [3.05, 3.63) is 30.7 Å². The maximum atomic E-state index is 11.3. The van der Waals surface area contributed by atoms with E-state index in [1.54, 1.807) is 6.92 Å². The van der Waals surface area contributed by atoms with Gasteiger partial charge in [0.2, 0.25) is 11.9 Å². The monoisotopic (exact) mass is 486 g/mol. The molecule has 2 aliphatic heterocycles. The van der Waals surface area contributed by atoms with Gasteiger partial charge in [0.15, 0.2) is 6.10 Å². The van der Waals surface area contributed by atoms with E-state index in [1.165, 1.54) is 6.92 Å². The van der Waals surface area contributed by atoms with E-state index in [0.29, 0.717) is 31.6 Å². The molecule has 32 heavy (non-hydrogen) atoms. The molecule has 10 heteroatoms. The number of halogens is 1. The molecule has 0 amide bonds. The van der Waals surface area contributed by atoms with Crippen molar-refractivity contribution in [2.24, 2.45) is 5.92 Å². The van der Waals surface area contributed by atoms with E-state index in [1.807, 2.05) is 34.1 Å². The number of carbonyl (C=O) groups excluding carboxylic acids is 3. The summed E-state index contributed by atoms with van der Waals surface area (Å²) in [6.45, 7) is 18.4. The first-order valence-electron chi connectivity index (χ1n) is 9.90. The zero-order valence-electron chi connectivity index (χ0n) is 19.9. The molecule has 8 nitrogen and oxygen atoms in total. The fourth-order valence-corrected chi connectivity index (χ4v) is 2.36. The van der Waals surface area contributed by atoms with Crippen LogP contribution in [0.15, 0.2) is 24.3 Å².